The summed E-state index contributed by atoms with van der Waals surface area (Å²) in [5.41, 5.74) is 0.388. The molecule has 160 valence electrons. The van der Waals surface area contributed by atoms with E-state index >= 15 is 0 Å². The molecule has 29 heavy (non-hydrogen) atoms. The predicted octanol–water partition coefficient (Wildman–Crippen LogP) is 3.13. The van der Waals surface area contributed by atoms with Gasteiger partial charge >= 0.3 is 12.1 Å². The third-order valence-corrected chi connectivity index (χ3v) is 5.67. The van der Waals surface area contributed by atoms with Crippen LogP contribution in [0.2, 0.25) is 5.02 Å². The molecule has 1 aliphatic heterocycles. The number of rotatable bonds is 5. The lowest BCUT2D eigenvalue weighted by Gasteiger charge is -2.41. The van der Waals surface area contributed by atoms with Crippen molar-refractivity contribution in [2.24, 2.45) is 5.92 Å². The van der Waals surface area contributed by atoms with Gasteiger partial charge in [0.05, 0.1) is 7.11 Å². The second kappa shape index (κ2) is 10.1. The van der Waals surface area contributed by atoms with Crippen LogP contribution in [0.3, 0.4) is 0 Å². The van der Waals surface area contributed by atoms with E-state index in [1.165, 1.54) is 7.11 Å². The van der Waals surface area contributed by atoms with Gasteiger partial charge in [-0.2, -0.15) is 9.59 Å². The molecule has 1 aromatic heterocycles. The van der Waals surface area contributed by atoms with Crippen molar-refractivity contribution >= 4 is 29.5 Å². The number of likely N-dealkylation sites (tertiary alicyclic amines) is 1. The Morgan fingerprint density at radius 3 is 2.28 bits per heavy atom. The van der Waals surface area contributed by atoms with Gasteiger partial charge in [-0.3, -0.25) is 4.90 Å². The van der Waals surface area contributed by atoms with Crippen LogP contribution in [0, 0.1) is 5.92 Å². The summed E-state index contributed by atoms with van der Waals surface area (Å²) in [6.45, 7) is 9.81. The quantitative estimate of drug-likeness (QED) is 0.719. The monoisotopic (exact) mass is 424 g/mol. The van der Waals surface area contributed by atoms with Crippen LogP contribution in [-0.4, -0.2) is 59.3 Å². The number of nitrogens with one attached hydrogen (secondary N) is 1. The molecule has 1 saturated carbocycles. The normalized spacial score (nSPS) is 17.7. The summed E-state index contributed by atoms with van der Waals surface area (Å²) in [5.74, 6) is 1.65. The Kier molecular flexibility index (Phi) is 8.14. The van der Waals surface area contributed by atoms with E-state index < -0.39 is 5.97 Å². The number of piperidine rings is 1. The minimum absolute atomic E-state index is 0.163. The van der Waals surface area contributed by atoms with Gasteiger partial charge in [-0.25, -0.2) is 14.8 Å². The average Bonchev–Trinajstić information content (AvgIpc) is 3.52. The van der Waals surface area contributed by atoms with Crippen molar-refractivity contribution in [2.45, 2.75) is 57.9 Å². The van der Waals surface area contributed by atoms with Crippen molar-refractivity contribution in [3.05, 3.63) is 16.5 Å². The molecular formula is C20H29ClN4O4. The number of halogens is 1. The number of aromatic nitrogens is 2. The van der Waals surface area contributed by atoms with Crippen LogP contribution < -0.4 is 5.32 Å². The number of carbonyl (C=O) groups is 1. The number of anilines is 1. The van der Waals surface area contributed by atoms with Crippen LogP contribution >= 0.6 is 11.6 Å². The largest absolute Gasteiger partial charge is 0.464 e. The van der Waals surface area contributed by atoms with Crippen LogP contribution in [0.1, 0.15) is 68.7 Å². The molecular weight excluding hydrogens is 396 g/mol. The third kappa shape index (κ3) is 6.49. The molecule has 0 bridgehead atoms. The number of hydrogen-bond donors (Lipinski definition) is 1. The molecule has 1 N–H and O–H groups in total. The van der Waals surface area contributed by atoms with Crippen molar-refractivity contribution in [1.82, 2.24) is 14.9 Å². The number of hydrogen-bond acceptors (Lipinski definition) is 8. The number of carbonyl (C=O) groups excluding carboxylic acids is 3. The van der Waals surface area contributed by atoms with Crippen molar-refractivity contribution in [3.63, 3.8) is 0 Å². The van der Waals surface area contributed by atoms with E-state index in [0.29, 0.717) is 23.5 Å². The first-order chi connectivity index (χ1) is 13.7. The minimum Gasteiger partial charge on any atom is -0.464 e. The Balaban J connectivity index is 0.000000941. The maximum absolute atomic E-state index is 12.0. The second-order valence-corrected chi connectivity index (χ2v) is 8.80. The molecule has 1 aliphatic carbocycles. The maximum Gasteiger partial charge on any atom is 0.373 e. The average molecular weight is 425 g/mol. The van der Waals surface area contributed by atoms with Crippen molar-refractivity contribution in [1.29, 1.82) is 0 Å². The molecule has 0 radical (unpaired) electrons. The van der Waals surface area contributed by atoms with E-state index in [1.807, 2.05) is 0 Å². The van der Waals surface area contributed by atoms with Gasteiger partial charge in [0.1, 0.15) is 16.7 Å². The standard InChI is InChI=1S/C19H29ClN4O2.CO2/c1-19(2,3)24-9-7-12(8-10-24)11-21-17-14(20)15(18(25)26-4)22-16(23-17)13-5-6-13;2-1-3/h12-13H,5-11H2,1-4H3,(H,21,22,23);. The first kappa shape index (κ1) is 23.3. The summed E-state index contributed by atoms with van der Waals surface area (Å²) in [6, 6.07) is 0. The molecule has 9 heteroatoms. The lowest BCUT2D eigenvalue weighted by molar-refractivity contribution is -0.191. The Morgan fingerprint density at radius 2 is 1.79 bits per heavy atom. The number of methoxy groups -OCH3 is 1. The van der Waals surface area contributed by atoms with Crippen LogP contribution in [0.25, 0.3) is 0 Å². The number of esters is 1. The topological polar surface area (TPSA) is 101 Å². The first-order valence-electron chi connectivity index (χ1n) is 9.85. The molecule has 2 heterocycles. The van der Waals surface area contributed by atoms with Gasteiger partial charge < -0.3 is 10.1 Å². The molecule has 2 aliphatic rings. The summed E-state index contributed by atoms with van der Waals surface area (Å²) in [5, 5.41) is 3.63. The summed E-state index contributed by atoms with van der Waals surface area (Å²) >= 11 is 6.38. The molecule has 1 aromatic rings. The number of nitrogens with zero attached hydrogens (tertiary/aromatic N) is 3. The number of ether oxygens (including phenoxy) is 1. The summed E-state index contributed by atoms with van der Waals surface area (Å²) < 4.78 is 4.82. The van der Waals surface area contributed by atoms with Crippen LogP contribution in [0.5, 0.6) is 0 Å². The molecule has 0 spiro atoms. The second-order valence-electron chi connectivity index (χ2n) is 8.42. The van der Waals surface area contributed by atoms with Gasteiger partial charge in [0.15, 0.2) is 5.69 Å². The van der Waals surface area contributed by atoms with E-state index in [2.05, 4.69) is 41.0 Å². The van der Waals surface area contributed by atoms with Crippen LogP contribution in [0.4, 0.5) is 5.82 Å². The van der Waals surface area contributed by atoms with Gasteiger partial charge in [0.25, 0.3) is 0 Å². The highest BCUT2D eigenvalue weighted by molar-refractivity contribution is 6.35. The Labute approximate surface area is 176 Å². The predicted molar refractivity (Wildman–Crippen MR) is 108 cm³/mol. The highest BCUT2D eigenvalue weighted by atomic mass is 35.5. The van der Waals surface area contributed by atoms with Gasteiger partial charge in [-0.15, -0.1) is 0 Å². The Bertz CT molecular complexity index is 748. The van der Waals surface area contributed by atoms with Gasteiger partial charge in [0, 0.05) is 18.0 Å². The van der Waals surface area contributed by atoms with Crippen LogP contribution in [0.15, 0.2) is 0 Å². The molecule has 2 fully saturated rings. The zero-order valence-electron chi connectivity index (χ0n) is 17.5. The lowest BCUT2D eigenvalue weighted by atomic mass is 9.93. The zero-order chi connectivity index (χ0) is 21.6. The molecule has 1 saturated heterocycles. The van der Waals surface area contributed by atoms with Crippen molar-refractivity contribution in [2.75, 3.05) is 32.1 Å². The zero-order valence-corrected chi connectivity index (χ0v) is 18.2. The Hall–Kier alpha value is -2.02. The van der Waals surface area contributed by atoms with Gasteiger partial charge in [0.2, 0.25) is 0 Å². The molecule has 3 rings (SSSR count). The smallest absolute Gasteiger partial charge is 0.373 e. The SMILES string of the molecule is COC(=O)c1nc(C2CC2)nc(NCC2CCN(C(C)(C)C)CC2)c1Cl.O=C=O. The van der Waals surface area contributed by atoms with E-state index in [0.717, 1.165) is 45.3 Å². The first-order valence-corrected chi connectivity index (χ1v) is 10.2. The fourth-order valence-corrected chi connectivity index (χ4v) is 3.61. The Morgan fingerprint density at radius 1 is 1.21 bits per heavy atom. The highest BCUT2D eigenvalue weighted by Gasteiger charge is 2.31. The van der Waals surface area contributed by atoms with Gasteiger partial charge in [-0.1, -0.05) is 11.6 Å². The highest BCUT2D eigenvalue weighted by Crippen LogP contribution is 2.39. The fourth-order valence-electron chi connectivity index (χ4n) is 3.39. The van der Waals surface area contributed by atoms with E-state index in [4.69, 9.17) is 25.9 Å². The maximum atomic E-state index is 12.0. The van der Waals surface area contributed by atoms with Gasteiger partial charge in [-0.05, 0) is 65.5 Å². The van der Waals surface area contributed by atoms with E-state index in [-0.39, 0.29) is 22.4 Å². The minimum atomic E-state index is -0.513. The fraction of sp³-hybridized carbons (Fsp3) is 0.700. The van der Waals surface area contributed by atoms with Crippen molar-refractivity contribution in [3.8, 4) is 0 Å². The van der Waals surface area contributed by atoms with Crippen LogP contribution in [-0.2, 0) is 14.3 Å². The molecule has 0 unspecified atom stereocenters. The summed E-state index contributed by atoms with van der Waals surface area (Å²) in [4.78, 5) is 39.7. The molecule has 0 amide bonds. The molecule has 8 nitrogen and oxygen atoms in total. The van der Waals surface area contributed by atoms with E-state index in [9.17, 15) is 4.79 Å². The molecule has 0 aromatic carbocycles. The third-order valence-electron chi connectivity index (χ3n) is 5.31. The summed E-state index contributed by atoms with van der Waals surface area (Å²) in [6.07, 6.45) is 4.67. The van der Waals surface area contributed by atoms with Crippen molar-refractivity contribution < 1.29 is 19.1 Å². The lowest BCUT2D eigenvalue weighted by Crippen LogP contribution is -2.46. The molecule has 0 atom stereocenters. The summed E-state index contributed by atoms with van der Waals surface area (Å²) in [7, 11) is 1.34. The van der Waals surface area contributed by atoms with E-state index in [1.54, 1.807) is 0 Å².